The molecule has 8 heteroatoms. The molecule has 1 aromatic carbocycles. The van der Waals surface area contributed by atoms with E-state index in [-0.39, 0.29) is 6.10 Å². The van der Waals surface area contributed by atoms with Gasteiger partial charge in [-0.3, -0.25) is 10.1 Å². The Morgan fingerprint density at radius 1 is 1.24 bits per heavy atom. The molecule has 2 N–H and O–H groups in total. The minimum atomic E-state index is 0.251. The number of likely N-dealkylation sites (tertiary alicyclic amines) is 1. The molecule has 0 spiro atoms. The fraction of sp³-hybridized carbons (Fsp3) is 0.381. The lowest BCUT2D eigenvalue weighted by Gasteiger charge is -2.34. The number of nitrogens with one attached hydrogen (secondary N) is 2. The zero-order chi connectivity index (χ0) is 19.9. The van der Waals surface area contributed by atoms with E-state index >= 15 is 0 Å². The summed E-state index contributed by atoms with van der Waals surface area (Å²) in [4.78, 5) is 11.2. The summed E-state index contributed by atoms with van der Waals surface area (Å²) in [6.07, 6.45) is 4.54. The summed E-state index contributed by atoms with van der Waals surface area (Å²) >= 11 is 0. The van der Waals surface area contributed by atoms with Crippen LogP contribution in [0, 0.1) is 0 Å². The average molecular weight is 394 g/mol. The minimum Gasteiger partial charge on any atom is -0.490 e. The molecule has 1 aliphatic heterocycles. The van der Waals surface area contributed by atoms with E-state index in [1.807, 2.05) is 49.5 Å². The van der Waals surface area contributed by atoms with Gasteiger partial charge in [-0.05, 0) is 24.3 Å². The van der Waals surface area contributed by atoms with E-state index in [1.165, 1.54) is 0 Å². The first-order valence-electron chi connectivity index (χ1n) is 9.94. The average Bonchev–Trinajstić information content (AvgIpc) is 3.45. The van der Waals surface area contributed by atoms with Gasteiger partial charge in [-0.1, -0.05) is 18.2 Å². The van der Waals surface area contributed by atoms with Gasteiger partial charge >= 0.3 is 0 Å². The normalized spacial score (nSPS) is 15.5. The highest BCUT2D eigenvalue weighted by atomic mass is 16.5. The van der Waals surface area contributed by atoms with Crippen LogP contribution in [0.1, 0.15) is 18.7 Å². The van der Waals surface area contributed by atoms with E-state index in [0.29, 0.717) is 11.6 Å². The van der Waals surface area contributed by atoms with Gasteiger partial charge in [-0.25, -0.2) is 4.98 Å². The lowest BCUT2D eigenvalue weighted by Crippen LogP contribution is -2.47. The number of aliphatic imine (C=N–C) groups is 1. The maximum Gasteiger partial charge on any atom is 0.216 e. The van der Waals surface area contributed by atoms with Crippen molar-refractivity contribution in [2.45, 2.75) is 25.4 Å². The molecule has 0 atom stereocenters. The summed E-state index contributed by atoms with van der Waals surface area (Å²) in [5, 5.41) is 10.6. The van der Waals surface area contributed by atoms with Gasteiger partial charge in [0, 0.05) is 45.9 Å². The van der Waals surface area contributed by atoms with Crippen molar-refractivity contribution in [2.75, 3.05) is 26.7 Å². The molecule has 3 aromatic rings. The highest BCUT2D eigenvalue weighted by molar-refractivity contribution is 5.79. The second-order valence-corrected chi connectivity index (χ2v) is 6.92. The molecule has 1 aliphatic rings. The van der Waals surface area contributed by atoms with Gasteiger partial charge in [-0.15, -0.1) is 0 Å². The summed E-state index contributed by atoms with van der Waals surface area (Å²) in [7, 11) is 1.82. The molecule has 4 rings (SSSR count). The molecule has 3 heterocycles. The van der Waals surface area contributed by atoms with Gasteiger partial charge in [0.25, 0.3) is 0 Å². The van der Waals surface area contributed by atoms with Crippen molar-refractivity contribution in [1.82, 2.24) is 25.4 Å². The van der Waals surface area contributed by atoms with Crippen molar-refractivity contribution in [3.05, 3.63) is 54.6 Å². The summed E-state index contributed by atoms with van der Waals surface area (Å²) in [6.45, 7) is 2.56. The van der Waals surface area contributed by atoms with Crippen LogP contribution in [0.5, 0.6) is 5.75 Å². The van der Waals surface area contributed by atoms with Crippen molar-refractivity contribution in [2.24, 2.45) is 4.99 Å². The third kappa shape index (κ3) is 4.96. The molecular weight excluding hydrogens is 368 g/mol. The molecule has 0 unspecified atom stereocenters. The topological polar surface area (TPSA) is 91.6 Å². The number of aromatic nitrogens is 3. The van der Waals surface area contributed by atoms with Crippen LogP contribution >= 0.6 is 0 Å². The summed E-state index contributed by atoms with van der Waals surface area (Å²) < 4.78 is 11.4. The van der Waals surface area contributed by atoms with E-state index in [9.17, 15) is 0 Å². The quantitative estimate of drug-likeness (QED) is 0.493. The summed E-state index contributed by atoms with van der Waals surface area (Å²) in [5.74, 6) is 3.91. The van der Waals surface area contributed by atoms with Crippen molar-refractivity contribution in [3.8, 4) is 17.3 Å². The summed E-state index contributed by atoms with van der Waals surface area (Å²) in [6, 6.07) is 13.7. The van der Waals surface area contributed by atoms with E-state index in [2.05, 4.69) is 30.4 Å². The number of hydrogen-bond donors (Lipinski definition) is 2. The monoisotopic (exact) mass is 394 g/mol. The first kappa shape index (κ1) is 19.0. The molecule has 152 valence electrons. The fourth-order valence-corrected chi connectivity index (χ4v) is 3.43. The van der Waals surface area contributed by atoms with Gasteiger partial charge in [0.05, 0.1) is 6.26 Å². The van der Waals surface area contributed by atoms with Crippen LogP contribution < -0.4 is 10.1 Å². The number of para-hydroxylation sites is 1. The molecule has 29 heavy (non-hydrogen) atoms. The molecule has 1 saturated heterocycles. The Kier molecular flexibility index (Phi) is 6.09. The predicted octanol–water partition coefficient (Wildman–Crippen LogP) is 2.73. The van der Waals surface area contributed by atoms with Crippen LogP contribution in [-0.4, -0.2) is 58.8 Å². The van der Waals surface area contributed by atoms with Crippen molar-refractivity contribution >= 4 is 5.96 Å². The Morgan fingerprint density at radius 3 is 2.79 bits per heavy atom. The third-order valence-electron chi connectivity index (χ3n) is 4.92. The fourth-order valence-electron chi connectivity index (χ4n) is 3.43. The molecule has 8 nitrogen and oxygen atoms in total. The molecule has 0 aliphatic carbocycles. The van der Waals surface area contributed by atoms with Crippen LogP contribution in [0.4, 0.5) is 0 Å². The number of H-pyrrole nitrogens is 1. The Labute approximate surface area is 170 Å². The second-order valence-electron chi connectivity index (χ2n) is 6.92. The Balaban J connectivity index is 1.22. The minimum absolute atomic E-state index is 0.251. The number of guanidine groups is 1. The summed E-state index contributed by atoms with van der Waals surface area (Å²) in [5.41, 5.74) is 0. The second kappa shape index (κ2) is 9.27. The van der Waals surface area contributed by atoms with Crippen molar-refractivity contribution in [1.29, 1.82) is 0 Å². The van der Waals surface area contributed by atoms with Crippen LogP contribution in [0.3, 0.4) is 0 Å². The zero-order valence-corrected chi connectivity index (χ0v) is 16.5. The number of rotatable bonds is 6. The van der Waals surface area contributed by atoms with Crippen molar-refractivity contribution in [3.63, 3.8) is 0 Å². The molecule has 0 saturated carbocycles. The smallest absolute Gasteiger partial charge is 0.216 e. The lowest BCUT2D eigenvalue weighted by molar-refractivity contribution is 0.129. The molecule has 0 radical (unpaired) electrons. The standard InChI is InChI=1S/C21H26N6O2/c1-22-21(23-12-9-19-24-20(26-25-19)18-8-5-15-28-18)27-13-10-17(11-14-27)29-16-6-3-2-4-7-16/h2-8,15,17H,9-14H2,1H3,(H,22,23)(H,24,25,26). The van der Waals surface area contributed by atoms with Gasteiger partial charge in [0.15, 0.2) is 11.7 Å². The van der Waals surface area contributed by atoms with Crippen LogP contribution in [-0.2, 0) is 6.42 Å². The van der Waals surface area contributed by atoms with Crippen molar-refractivity contribution < 1.29 is 9.15 Å². The maximum atomic E-state index is 6.07. The number of furan rings is 1. The molecule has 0 amide bonds. The number of piperidine rings is 1. The molecule has 0 bridgehead atoms. The van der Waals surface area contributed by atoms with Gasteiger partial charge in [0.1, 0.15) is 17.7 Å². The Hall–Kier alpha value is -3.29. The Bertz CT molecular complexity index is 898. The first-order valence-corrected chi connectivity index (χ1v) is 9.94. The number of benzene rings is 1. The number of ether oxygens (including phenoxy) is 1. The maximum absolute atomic E-state index is 6.07. The van der Waals surface area contributed by atoms with Gasteiger partial charge in [-0.2, -0.15) is 5.10 Å². The number of nitrogens with zero attached hydrogens (tertiary/aromatic N) is 4. The van der Waals surface area contributed by atoms with Gasteiger partial charge < -0.3 is 19.4 Å². The van der Waals surface area contributed by atoms with Crippen LogP contribution in [0.15, 0.2) is 58.1 Å². The predicted molar refractivity (Wildman–Crippen MR) is 111 cm³/mol. The molecular formula is C21H26N6O2. The SMILES string of the molecule is CN=C(NCCc1nc(-c2ccco2)n[nH]1)N1CCC(Oc2ccccc2)CC1. The highest BCUT2D eigenvalue weighted by Gasteiger charge is 2.22. The lowest BCUT2D eigenvalue weighted by atomic mass is 10.1. The molecule has 2 aromatic heterocycles. The van der Waals surface area contributed by atoms with E-state index < -0.39 is 0 Å². The first-order chi connectivity index (χ1) is 14.3. The van der Waals surface area contributed by atoms with E-state index in [1.54, 1.807) is 6.26 Å². The van der Waals surface area contributed by atoms with Crippen LogP contribution in [0.25, 0.3) is 11.6 Å². The number of hydrogen-bond acceptors (Lipinski definition) is 5. The Morgan fingerprint density at radius 2 is 2.07 bits per heavy atom. The van der Waals surface area contributed by atoms with Gasteiger partial charge in [0.2, 0.25) is 5.82 Å². The molecule has 1 fully saturated rings. The van der Waals surface area contributed by atoms with E-state index in [0.717, 1.165) is 56.4 Å². The zero-order valence-electron chi connectivity index (χ0n) is 16.5. The largest absolute Gasteiger partial charge is 0.490 e. The third-order valence-corrected chi connectivity index (χ3v) is 4.92. The van der Waals surface area contributed by atoms with E-state index in [4.69, 9.17) is 9.15 Å². The highest BCUT2D eigenvalue weighted by Crippen LogP contribution is 2.19. The number of aromatic amines is 1. The van der Waals surface area contributed by atoms with Crippen LogP contribution in [0.2, 0.25) is 0 Å².